The summed E-state index contributed by atoms with van der Waals surface area (Å²) < 4.78 is 0. The molecular weight excluding hydrogens is 725 g/mol. The molecule has 5 amide bonds. The molecule has 0 fully saturated rings. The number of carbonyl (C=O) groups excluding carboxylic acids is 5. The molecule has 2 heterocycles. The second-order valence-electron chi connectivity index (χ2n) is 14.1. The first-order valence-electron chi connectivity index (χ1n) is 18.6. The zero-order valence-electron chi connectivity index (χ0n) is 31.3. The maximum absolute atomic E-state index is 14.0. The van der Waals surface area contributed by atoms with Crippen LogP contribution < -0.4 is 32.7 Å². The topological polar surface area (TPSA) is 237 Å². The van der Waals surface area contributed by atoms with Gasteiger partial charge in [0.25, 0.3) is 0 Å². The molecule has 14 nitrogen and oxygen atoms in total. The summed E-state index contributed by atoms with van der Waals surface area (Å²) in [6, 6.07) is 24.9. The van der Waals surface area contributed by atoms with E-state index in [0.717, 1.165) is 38.5 Å². The second-order valence-corrected chi connectivity index (χ2v) is 14.1. The van der Waals surface area contributed by atoms with Gasteiger partial charge in [-0.25, -0.2) is 0 Å². The van der Waals surface area contributed by atoms with Crippen LogP contribution in [0.3, 0.4) is 0 Å². The van der Waals surface area contributed by atoms with Crippen LogP contribution in [0.2, 0.25) is 0 Å². The first-order chi connectivity index (χ1) is 27.4. The van der Waals surface area contributed by atoms with Gasteiger partial charge >= 0.3 is 0 Å². The quantitative estimate of drug-likeness (QED) is 0.0671. The molecule has 4 aromatic carbocycles. The fourth-order valence-electron chi connectivity index (χ4n) is 6.74. The van der Waals surface area contributed by atoms with Gasteiger partial charge in [0, 0.05) is 53.5 Å². The highest BCUT2D eigenvalue weighted by molar-refractivity contribution is 5.96. The van der Waals surface area contributed by atoms with Crippen LogP contribution in [0.25, 0.3) is 21.8 Å². The Hall–Kier alpha value is -6.93. The van der Waals surface area contributed by atoms with Gasteiger partial charge in [0.05, 0.1) is 6.04 Å². The number of carbonyl (C=O) groups is 5. The summed E-state index contributed by atoms with van der Waals surface area (Å²) in [7, 11) is 0. The molecule has 14 heteroatoms. The van der Waals surface area contributed by atoms with Gasteiger partial charge in [0.15, 0.2) is 0 Å². The number of phenols is 1. The molecule has 6 aromatic rings. The number of H-pyrrole nitrogens is 2. The third-order valence-corrected chi connectivity index (χ3v) is 9.89. The van der Waals surface area contributed by atoms with Crippen molar-refractivity contribution in [3.63, 3.8) is 0 Å². The number of para-hydroxylation sites is 2. The highest BCUT2D eigenvalue weighted by atomic mass is 16.3. The molecule has 5 atom stereocenters. The highest BCUT2D eigenvalue weighted by Crippen LogP contribution is 2.21. The number of nitrogens with two attached hydrogens (primary N) is 2. The smallest absolute Gasteiger partial charge is 0.243 e. The van der Waals surface area contributed by atoms with Crippen molar-refractivity contribution >= 4 is 51.3 Å². The SMILES string of the molecule is C[C@H](NC(=O)[C@@H](Cc1c[nH]c2ccccc12)NC(=O)[C@@H](N)Cc1ccc(O)cc1)C(=O)N[C@@H](Cc1c[nH]c2ccccc12)C(=O)N[C@H](Cc1ccccc1)C(N)=O. The third kappa shape index (κ3) is 10.2. The Bertz CT molecular complexity index is 2360. The van der Waals surface area contributed by atoms with Crippen molar-refractivity contribution in [2.45, 2.75) is 62.8 Å². The molecule has 11 N–H and O–H groups in total. The number of fused-ring (bicyclic) bond motifs is 2. The lowest BCUT2D eigenvalue weighted by molar-refractivity contribution is -0.134. The van der Waals surface area contributed by atoms with Crippen LogP contribution in [-0.4, -0.2) is 74.8 Å². The summed E-state index contributed by atoms with van der Waals surface area (Å²) in [5, 5.41) is 22.3. The Balaban J connectivity index is 1.19. The largest absolute Gasteiger partial charge is 0.508 e. The molecule has 0 aliphatic heterocycles. The molecule has 0 aliphatic carbocycles. The van der Waals surface area contributed by atoms with Crippen molar-refractivity contribution in [2.75, 3.05) is 0 Å². The average Bonchev–Trinajstić information content (AvgIpc) is 3.82. The number of amides is 5. The molecule has 294 valence electrons. The Morgan fingerprint density at radius 1 is 0.561 bits per heavy atom. The van der Waals surface area contributed by atoms with Crippen molar-refractivity contribution in [3.05, 3.63) is 138 Å². The maximum Gasteiger partial charge on any atom is 0.243 e. The number of aromatic nitrogens is 2. The molecule has 0 saturated carbocycles. The monoisotopic (exact) mass is 770 g/mol. The minimum Gasteiger partial charge on any atom is -0.508 e. The summed E-state index contributed by atoms with van der Waals surface area (Å²) >= 11 is 0. The summed E-state index contributed by atoms with van der Waals surface area (Å²) in [5.41, 5.74) is 16.7. The summed E-state index contributed by atoms with van der Waals surface area (Å²) in [6.45, 7) is 1.47. The summed E-state index contributed by atoms with van der Waals surface area (Å²) in [4.78, 5) is 74.0. The van der Waals surface area contributed by atoms with E-state index in [0.29, 0.717) is 5.56 Å². The number of primary amides is 1. The summed E-state index contributed by atoms with van der Waals surface area (Å²) in [5.74, 6) is -3.22. The highest BCUT2D eigenvalue weighted by Gasteiger charge is 2.31. The van der Waals surface area contributed by atoms with Gasteiger partial charge in [-0.3, -0.25) is 24.0 Å². The number of rotatable bonds is 17. The van der Waals surface area contributed by atoms with E-state index in [-0.39, 0.29) is 31.4 Å². The van der Waals surface area contributed by atoms with Gasteiger partial charge in [-0.2, -0.15) is 0 Å². The lowest BCUT2D eigenvalue weighted by Gasteiger charge is -2.25. The number of hydrogen-bond acceptors (Lipinski definition) is 7. The molecule has 0 bridgehead atoms. The van der Waals surface area contributed by atoms with Crippen LogP contribution in [0.15, 0.2) is 116 Å². The van der Waals surface area contributed by atoms with E-state index >= 15 is 0 Å². The van der Waals surface area contributed by atoms with Gasteiger partial charge in [-0.05, 0) is 59.9 Å². The van der Waals surface area contributed by atoms with Gasteiger partial charge in [0.2, 0.25) is 29.5 Å². The lowest BCUT2D eigenvalue weighted by atomic mass is 10.0. The molecule has 0 spiro atoms. The van der Waals surface area contributed by atoms with Crippen molar-refractivity contribution < 1.29 is 29.1 Å². The predicted octanol–water partition coefficient (Wildman–Crippen LogP) is 2.40. The molecule has 0 radical (unpaired) electrons. The van der Waals surface area contributed by atoms with Gasteiger partial charge in [-0.15, -0.1) is 0 Å². The van der Waals surface area contributed by atoms with Crippen molar-refractivity contribution in [3.8, 4) is 5.75 Å². The van der Waals surface area contributed by atoms with Gasteiger partial charge in [0.1, 0.15) is 29.9 Å². The average molecular weight is 771 g/mol. The van der Waals surface area contributed by atoms with Gasteiger partial charge < -0.3 is 47.8 Å². The molecule has 2 aromatic heterocycles. The third-order valence-electron chi connectivity index (χ3n) is 9.89. The maximum atomic E-state index is 14.0. The van der Waals surface area contributed by atoms with Crippen LogP contribution >= 0.6 is 0 Å². The van der Waals surface area contributed by atoms with Crippen LogP contribution in [0.4, 0.5) is 0 Å². The van der Waals surface area contributed by atoms with E-state index in [2.05, 4.69) is 31.2 Å². The second kappa shape index (κ2) is 18.1. The van der Waals surface area contributed by atoms with Crippen LogP contribution in [-0.2, 0) is 49.7 Å². The Morgan fingerprint density at radius 3 is 1.60 bits per heavy atom. The van der Waals surface area contributed by atoms with E-state index < -0.39 is 59.7 Å². The van der Waals surface area contributed by atoms with Crippen molar-refractivity contribution in [2.24, 2.45) is 11.5 Å². The van der Waals surface area contributed by atoms with Crippen LogP contribution in [0, 0.1) is 0 Å². The van der Waals surface area contributed by atoms with E-state index in [1.165, 1.54) is 19.1 Å². The summed E-state index contributed by atoms with van der Waals surface area (Å²) in [6.07, 6.45) is 3.93. The molecule has 0 unspecified atom stereocenters. The first-order valence-corrected chi connectivity index (χ1v) is 18.6. The number of nitrogens with one attached hydrogen (secondary N) is 6. The first kappa shape index (κ1) is 39.8. The molecule has 57 heavy (non-hydrogen) atoms. The van der Waals surface area contributed by atoms with E-state index in [4.69, 9.17) is 11.5 Å². The van der Waals surface area contributed by atoms with E-state index in [9.17, 15) is 29.1 Å². The number of aromatic hydroxyl groups is 1. The van der Waals surface area contributed by atoms with Crippen LogP contribution in [0.5, 0.6) is 5.75 Å². The number of hydrogen-bond donors (Lipinski definition) is 9. The number of phenolic OH excluding ortho intramolecular Hbond substituents is 1. The Morgan fingerprint density at radius 2 is 1.04 bits per heavy atom. The normalized spacial score (nSPS) is 13.9. The minimum atomic E-state index is -1.17. The predicted molar refractivity (Wildman–Crippen MR) is 217 cm³/mol. The molecule has 0 aliphatic rings. The van der Waals surface area contributed by atoms with Gasteiger partial charge in [-0.1, -0.05) is 78.9 Å². The Kier molecular flexibility index (Phi) is 12.6. The molecular formula is C43H46N8O6. The molecule has 0 saturated heterocycles. The Labute approximate surface area is 328 Å². The minimum absolute atomic E-state index is 0.0528. The number of aromatic amines is 2. The fraction of sp³-hybridized carbons (Fsp3) is 0.233. The number of benzene rings is 4. The standard InChI is InChI=1S/C43H46N8O6/c1-25(48-42(56)37(21-28-23-46-34-13-7-5-11-31(28)34)51-41(55)33(44)19-27-15-17-30(52)18-16-27)40(54)50-38(22-29-24-47-35-14-8-6-12-32(29)35)43(57)49-36(39(45)53)20-26-9-3-2-4-10-26/h2-18,23-25,33,36-38,46-47,52H,19-22,44H2,1H3,(H2,45,53)(H,48,56)(H,49,57)(H,50,54)(H,51,55)/t25-,33-,36+,37+,38-/m0/s1. The van der Waals surface area contributed by atoms with Crippen LogP contribution in [0.1, 0.15) is 29.2 Å². The van der Waals surface area contributed by atoms with Crippen molar-refractivity contribution in [1.82, 2.24) is 31.2 Å². The van der Waals surface area contributed by atoms with E-state index in [1.807, 2.05) is 78.9 Å². The molecule has 6 rings (SSSR count). The lowest BCUT2D eigenvalue weighted by Crippen LogP contribution is -2.59. The zero-order valence-corrected chi connectivity index (χ0v) is 31.3. The van der Waals surface area contributed by atoms with Crippen molar-refractivity contribution in [1.29, 1.82) is 0 Å². The van der Waals surface area contributed by atoms with E-state index in [1.54, 1.807) is 24.5 Å². The zero-order chi connectivity index (χ0) is 40.5. The fourth-order valence-corrected chi connectivity index (χ4v) is 6.74.